The third kappa shape index (κ3) is 4.63. The van der Waals surface area contributed by atoms with Crippen molar-refractivity contribution in [2.45, 2.75) is 19.6 Å². The fourth-order valence-electron chi connectivity index (χ4n) is 2.67. The molecule has 3 rings (SSSR count). The minimum Gasteiger partial charge on any atom is -0.444 e. The standard InChI is InChI=1S/C21H22N4O3/c1-2-27-18(17-13-28-21(25-17)16-6-4-3-5-7-16)20(26)24-12-14-8-10-15(11-9-14)19(22)23/h3-11,13,18H,2,12H2,1H3,(H3,22,23)(H,24,26). The van der Waals surface area contributed by atoms with Crippen LogP contribution < -0.4 is 11.1 Å². The van der Waals surface area contributed by atoms with Crippen LogP contribution in [-0.4, -0.2) is 23.3 Å². The van der Waals surface area contributed by atoms with E-state index < -0.39 is 6.10 Å². The molecule has 1 amide bonds. The number of nitrogen functional groups attached to an aromatic ring is 1. The van der Waals surface area contributed by atoms with Crippen LogP contribution in [0, 0.1) is 5.41 Å². The summed E-state index contributed by atoms with van der Waals surface area (Å²) in [6.07, 6.45) is 0.590. The van der Waals surface area contributed by atoms with Crippen LogP contribution >= 0.6 is 0 Å². The molecule has 144 valence electrons. The molecule has 1 unspecified atom stereocenters. The van der Waals surface area contributed by atoms with Gasteiger partial charge in [-0.15, -0.1) is 0 Å². The highest BCUT2D eigenvalue weighted by atomic mass is 16.5. The van der Waals surface area contributed by atoms with Crippen LogP contribution in [0.2, 0.25) is 0 Å². The number of rotatable bonds is 8. The van der Waals surface area contributed by atoms with E-state index in [0.717, 1.165) is 11.1 Å². The summed E-state index contributed by atoms with van der Waals surface area (Å²) in [5.41, 5.74) is 8.22. The number of amidine groups is 1. The molecular formula is C21H22N4O3. The van der Waals surface area contributed by atoms with Gasteiger partial charge in [-0.1, -0.05) is 42.5 Å². The summed E-state index contributed by atoms with van der Waals surface area (Å²) < 4.78 is 11.1. The number of carbonyl (C=O) groups is 1. The summed E-state index contributed by atoms with van der Waals surface area (Å²) in [6, 6.07) is 16.6. The molecule has 4 N–H and O–H groups in total. The third-order valence-corrected chi connectivity index (χ3v) is 4.11. The average molecular weight is 378 g/mol. The molecule has 0 radical (unpaired) electrons. The van der Waals surface area contributed by atoms with Crippen molar-refractivity contribution in [2.24, 2.45) is 5.73 Å². The molecular weight excluding hydrogens is 356 g/mol. The van der Waals surface area contributed by atoms with E-state index in [2.05, 4.69) is 10.3 Å². The minimum atomic E-state index is -0.859. The first kappa shape index (κ1) is 19.3. The van der Waals surface area contributed by atoms with Crippen molar-refractivity contribution >= 4 is 11.7 Å². The smallest absolute Gasteiger partial charge is 0.255 e. The molecule has 1 aromatic heterocycles. The lowest BCUT2D eigenvalue weighted by atomic mass is 10.1. The fourth-order valence-corrected chi connectivity index (χ4v) is 2.67. The van der Waals surface area contributed by atoms with Gasteiger partial charge in [-0.05, 0) is 24.6 Å². The Bertz CT molecular complexity index is 936. The van der Waals surface area contributed by atoms with E-state index in [1.807, 2.05) is 49.4 Å². The predicted octanol–water partition coefficient (Wildman–Crippen LogP) is 3.02. The van der Waals surface area contributed by atoms with E-state index in [1.54, 1.807) is 12.1 Å². The molecule has 3 aromatic rings. The van der Waals surface area contributed by atoms with Gasteiger partial charge in [0.1, 0.15) is 17.8 Å². The Kier molecular flexibility index (Phi) is 6.18. The topological polar surface area (TPSA) is 114 Å². The lowest BCUT2D eigenvalue weighted by molar-refractivity contribution is -0.133. The molecule has 0 saturated carbocycles. The molecule has 0 aliphatic carbocycles. The first-order valence-electron chi connectivity index (χ1n) is 8.92. The van der Waals surface area contributed by atoms with Crippen molar-refractivity contribution < 1.29 is 13.9 Å². The van der Waals surface area contributed by atoms with Gasteiger partial charge in [0, 0.05) is 24.3 Å². The Hall–Kier alpha value is -3.45. The Balaban J connectivity index is 1.68. The van der Waals surface area contributed by atoms with Crippen molar-refractivity contribution in [3.05, 3.63) is 77.7 Å². The number of nitrogens with zero attached hydrogens (tertiary/aromatic N) is 1. The molecule has 0 bridgehead atoms. The minimum absolute atomic E-state index is 0.00671. The van der Waals surface area contributed by atoms with Gasteiger partial charge in [0.2, 0.25) is 5.89 Å². The van der Waals surface area contributed by atoms with Gasteiger partial charge in [-0.25, -0.2) is 4.98 Å². The first-order chi connectivity index (χ1) is 13.6. The highest BCUT2D eigenvalue weighted by Gasteiger charge is 2.25. The van der Waals surface area contributed by atoms with Crippen LogP contribution in [-0.2, 0) is 16.1 Å². The lowest BCUT2D eigenvalue weighted by Crippen LogP contribution is -2.30. The molecule has 7 nitrogen and oxygen atoms in total. The Morgan fingerprint density at radius 3 is 2.57 bits per heavy atom. The third-order valence-electron chi connectivity index (χ3n) is 4.11. The number of ether oxygens (including phenoxy) is 1. The Morgan fingerprint density at radius 1 is 1.21 bits per heavy atom. The van der Waals surface area contributed by atoms with Crippen LogP contribution in [0.1, 0.15) is 29.8 Å². The number of hydrogen-bond donors (Lipinski definition) is 3. The van der Waals surface area contributed by atoms with E-state index in [9.17, 15) is 4.79 Å². The van der Waals surface area contributed by atoms with E-state index in [4.69, 9.17) is 20.3 Å². The zero-order chi connectivity index (χ0) is 19.9. The van der Waals surface area contributed by atoms with Gasteiger partial charge in [0.15, 0.2) is 6.10 Å². The van der Waals surface area contributed by atoms with Crippen LogP contribution in [0.5, 0.6) is 0 Å². The summed E-state index contributed by atoms with van der Waals surface area (Å²) >= 11 is 0. The van der Waals surface area contributed by atoms with E-state index in [0.29, 0.717) is 30.3 Å². The van der Waals surface area contributed by atoms with E-state index in [-0.39, 0.29) is 11.7 Å². The summed E-state index contributed by atoms with van der Waals surface area (Å²) in [5.74, 6) is 0.144. The number of hydrogen-bond acceptors (Lipinski definition) is 5. The Labute approximate surface area is 163 Å². The number of oxazole rings is 1. The quantitative estimate of drug-likeness (QED) is 0.412. The highest BCUT2D eigenvalue weighted by Crippen LogP contribution is 2.23. The maximum absolute atomic E-state index is 12.7. The molecule has 2 aromatic carbocycles. The predicted molar refractivity (Wildman–Crippen MR) is 106 cm³/mol. The lowest BCUT2D eigenvalue weighted by Gasteiger charge is -2.14. The van der Waals surface area contributed by atoms with Crippen molar-refractivity contribution in [2.75, 3.05) is 6.61 Å². The molecule has 1 heterocycles. The summed E-state index contributed by atoms with van der Waals surface area (Å²) in [5, 5.41) is 10.3. The zero-order valence-electron chi connectivity index (χ0n) is 15.5. The second-order valence-electron chi connectivity index (χ2n) is 6.11. The van der Waals surface area contributed by atoms with Gasteiger partial charge in [-0.3, -0.25) is 10.2 Å². The van der Waals surface area contributed by atoms with E-state index in [1.165, 1.54) is 6.26 Å². The van der Waals surface area contributed by atoms with Crippen LogP contribution in [0.4, 0.5) is 0 Å². The largest absolute Gasteiger partial charge is 0.444 e. The molecule has 0 fully saturated rings. The number of nitrogens with two attached hydrogens (primary N) is 1. The normalized spacial score (nSPS) is 11.8. The molecule has 1 atom stereocenters. The second kappa shape index (κ2) is 8.96. The highest BCUT2D eigenvalue weighted by molar-refractivity contribution is 5.94. The van der Waals surface area contributed by atoms with Crippen molar-refractivity contribution in [1.29, 1.82) is 5.41 Å². The average Bonchev–Trinajstić information content (AvgIpc) is 3.21. The second-order valence-corrected chi connectivity index (χ2v) is 6.11. The SMILES string of the molecule is CCOC(C(=O)NCc1ccc(C(=N)N)cc1)c1coc(-c2ccccc2)n1. The van der Waals surface area contributed by atoms with Gasteiger partial charge < -0.3 is 20.2 Å². The molecule has 0 aliphatic rings. The van der Waals surface area contributed by atoms with E-state index >= 15 is 0 Å². The number of amides is 1. The number of benzene rings is 2. The van der Waals surface area contributed by atoms with Gasteiger partial charge in [-0.2, -0.15) is 0 Å². The molecule has 0 aliphatic heterocycles. The van der Waals surface area contributed by atoms with Crippen LogP contribution in [0.3, 0.4) is 0 Å². The molecule has 0 saturated heterocycles. The van der Waals surface area contributed by atoms with Gasteiger partial charge in [0.25, 0.3) is 5.91 Å². The van der Waals surface area contributed by atoms with Crippen molar-refractivity contribution in [3.63, 3.8) is 0 Å². The van der Waals surface area contributed by atoms with Gasteiger partial charge >= 0.3 is 0 Å². The maximum Gasteiger partial charge on any atom is 0.255 e. The Morgan fingerprint density at radius 2 is 1.93 bits per heavy atom. The molecule has 7 heteroatoms. The number of aromatic nitrogens is 1. The van der Waals surface area contributed by atoms with Crippen LogP contribution in [0.25, 0.3) is 11.5 Å². The summed E-state index contributed by atoms with van der Waals surface area (Å²) in [4.78, 5) is 17.1. The summed E-state index contributed by atoms with van der Waals surface area (Å²) in [6.45, 7) is 2.50. The number of carbonyl (C=O) groups excluding carboxylic acids is 1. The zero-order valence-corrected chi connectivity index (χ0v) is 15.5. The monoisotopic (exact) mass is 378 g/mol. The van der Waals surface area contributed by atoms with Crippen molar-refractivity contribution in [3.8, 4) is 11.5 Å². The summed E-state index contributed by atoms with van der Waals surface area (Å²) in [7, 11) is 0. The van der Waals surface area contributed by atoms with Crippen molar-refractivity contribution in [1.82, 2.24) is 10.3 Å². The molecule has 28 heavy (non-hydrogen) atoms. The number of nitrogens with one attached hydrogen (secondary N) is 2. The van der Waals surface area contributed by atoms with Crippen LogP contribution in [0.15, 0.2) is 65.3 Å². The maximum atomic E-state index is 12.7. The fraction of sp³-hybridized carbons (Fsp3) is 0.190. The van der Waals surface area contributed by atoms with Gasteiger partial charge in [0.05, 0.1) is 0 Å². The molecule has 0 spiro atoms. The first-order valence-corrected chi connectivity index (χ1v) is 8.92.